The van der Waals surface area contributed by atoms with E-state index >= 15 is 0 Å². The zero-order valence-electron chi connectivity index (χ0n) is 18.1. The second-order valence-electron chi connectivity index (χ2n) is 7.05. The van der Waals surface area contributed by atoms with Crippen molar-refractivity contribution in [2.45, 2.75) is 6.54 Å². The average Bonchev–Trinajstić information content (AvgIpc) is 2.78. The van der Waals surface area contributed by atoms with E-state index < -0.39 is 27.6 Å². The molecule has 0 saturated carbocycles. The van der Waals surface area contributed by atoms with Crippen molar-refractivity contribution in [2.75, 3.05) is 30.1 Å². The minimum Gasteiger partial charge on any atom is -0.493 e. The topological polar surface area (TPSA) is 84.9 Å². The highest BCUT2D eigenvalue weighted by Gasteiger charge is 2.27. The summed E-state index contributed by atoms with van der Waals surface area (Å²) < 4.78 is 64.5. The number of rotatable bonds is 8. The highest BCUT2D eigenvalue weighted by molar-refractivity contribution is 7.92. The Labute approximate surface area is 190 Å². The number of anilines is 2. The largest absolute Gasteiger partial charge is 0.493 e. The van der Waals surface area contributed by atoms with Gasteiger partial charge in [-0.15, -0.1) is 0 Å². The summed E-state index contributed by atoms with van der Waals surface area (Å²) in [6.45, 7) is -0.363. The van der Waals surface area contributed by atoms with E-state index in [1.165, 1.54) is 68.8 Å². The van der Waals surface area contributed by atoms with Crippen LogP contribution in [0, 0.1) is 11.6 Å². The monoisotopic (exact) mass is 476 g/mol. The molecule has 10 heteroatoms. The molecule has 0 unspecified atom stereocenters. The van der Waals surface area contributed by atoms with E-state index in [0.717, 1.165) is 10.6 Å². The van der Waals surface area contributed by atoms with Gasteiger partial charge in [-0.1, -0.05) is 18.2 Å². The first-order valence-corrected chi connectivity index (χ1v) is 11.5. The number of carbonyl (C=O) groups is 1. The Balaban J connectivity index is 2.14. The summed E-state index contributed by atoms with van der Waals surface area (Å²) in [5.74, 6) is -1.39. The molecule has 3 aromatic carbocycles. The molecule has 0 atom stereocenters. The van der Waals surface area contributed by atoms with Crippen LogP contribution in [-0.2, 0) is 16.6 Å². The number of sulfonamides is 1. The third kappa shape index (κ3) is 5.58. The quantitative estimate of drug-likeness (QED) is 0.527. The highest BCUT2D eigenvalue weighted by Crippen LogP contribution is 2.37. The number of methoxy groups -OCH3 is 2. The number of hydrogen-bond acceptors (Lipinski definition) is 5. The summed E-state index contributed by atoms with van der Waals surface area (Å²) in [4.78, 5) is 13.1. The average molecular weight is 477 g/mol. The molecular formula is C23H22F2N2O5S. The second-order valence-corrected chi connectivity index (χ2v) is 8.95. The molecular weight excluding hydrogens is 454 g/mol. The van der Waals surface area contributed by atoms with Crippen molar-refractivity contribution in [3.63, 3.8) is 0 Å². The van der Waals surface area contributed by atoms with Gasteiger partial charge < -0.3 is 14.8 Å². The van der Waals surface area contributed by atoms with Crippen molar-refractivity contribution in [1.82, 2.24) is 0 Å². The number of amides is 1. The summed E-state index contributed by atoms with van der Waals surface area (Å²) in [6.07, 6.45) is 0.951. The maximum atomic E-state index is 14.3. The lowest BCUT2D eigenvalue weighted by Crippen LogP contribution is -2.32. The van der Waals surface area contributed by atoms with Gasteiger partial charge in [0.05, 0.1) is 38.3 Å². The maximum Gasteiger partial charge on any atom is 0.257 e. The van der Waals surface area contributed by atoms with Crippen molar-refractivity contribution < 1.29 is 31.5 Å². The fourth-order valence-electron chi connectivity index (χ4n) is 3.15. The molecule has 0 aliphatic carbocycles. The normalized spacial score (nSPS) is 11.1. The summed E-state index contributed by atoms with van der Waals surface area (Å²) in [7, 11) is -1.24. The Kier molecular flexibility index (Phi) is 7.17. The molecule has 3 aromatic rings. The first-order chi connectivity index (χ1) is 15.6. The van der Waals surface area contributed by atoms with Gasteiger partial charge >= 0.3 is 0 Å². The van der Waals surface area contributed by atoms with Crippen LogP contribution in [0.15, 0.2) is 60.7 Å². The molecule has 0 spiro atoms. The number of ether oxygens (including phenoxy) is 2. The number of hydrogen-bond donors (Lipinski definition) is 1. The molecule has 1 amide bonds. The van der Waals surface area contributed by atoms with Crippen molar-refractivity contribution >= 4 is 27.3 Å². The molecule has 0 bridgehead atoms. The standard InChI is InChI=1S/C23H22F2N2O5S/c1-31-21-12-18(23(28)26-17-10-8-16(24)9-11-17)20(13-22(21)32-2)27(33(3,29)30)14-15-6-4-5-7-19(15)25/h4-13H,14H2,1-3H3,(H,26,28). The molecule has 33 heavy (non-hydrogen) atoms. The van der Waals surface area contributed by atoms with Crippen molar-refractivity contribution in [3.05, 3.63) is 83.4 Å². The molecule has 1 N–H and O–H groups in total. The molecule has 0 radical (unpaired) electrons. The van der Waals surface area contributed by atoms with E-state index in [1.54, 1.807) is 6.07 Å². The molecule has 0 saturated heterocycles. The Morgan fingerprint density at radius 1 is 0.970 bits per heavy atom. The van der Waals surface area contributed by atoms with Crippen molar-refractivity contribution in [2.24, 2.45) is 0 Å². The lowest BCUT2D eigenvalue weighted by Gasteiger charge is -2.26. The van der Waals surface area contributed by atoms with Gasteiger partial charge in [-0.05, 0) is 36.4 Å². The lowest BCUT2D eigenvalue weighted by molar-refractivity contribution is 0.102. The number of carbonyl (C=O) groups excluding carboxylic acids is 1. The molecule has 7 nitrogen and oxygen atoms in total. The summed E-state index contributed by atoms with van der Waals surface area (Å²) in [5.41, 5.74) is 0.293. The van der Waals surface area contributed by atoms with Gasteiger partial charge in [-0.3, -0.25) is 9.10 Å². The van der Waals surface area contributed by atoms with E-state index in [0.29, 0.717) is 5.69 Å². The van der Waals surface area contributed by atoms with Crippen molar-refractivity contribution in [1.29, 1.82) is 0 Å². The molecule has 0 fully saturated rings. The van der Waals surface area contributed by atoms with Crippen LogP contribution in [0.4, 0.5) is 20.2 Å². The molecule has 0 aliphatic heterocycles. The van der Waals surface area contributed by atoms with Crippen LogP contribution < -0.4 is 19.1 Å². The van der Waals surface area contributed by atoms with E-state index in [1.807, 2.05) is 0 Å². The van der Waals surface area contributed by atoms with Gasteiger partial charge in [-0.25, -0.2) is 17.2 Å². The minimum absolute atomic E-state index is 0.0435. The molecule has 0 aromatic heterocycles. The van der Waals surface area contributed by atoms with E-state index in [-0.39, 0.29) is 34.9 Å². The van der Waals surface area contributed by atoms with Crippen LogP contribution in [0.25, 0.3) is 0 Å². The van der Waals surface area contributed by atoms with Crippen LogP contribution in [0.3, 0.4) is 0 Å². The number of nitrogens with one attached hydrogen (secondary N) is 1. The van der Waals surface area contributed by atoms with Gasteiger partial charge in [0.25, 0.3) is 5.91 Å². The van der Waals surface area contributed by atoms with E-state index in [9.17, 15) is 22.0 Å². The molecule has 174 valence electrons. The van der Waals surface area contributed by atoms with Gasteiger partial charge in [0.2, 0.25) is 10.0 Å². The van der Waals surface area contributed by atoms with Crippen LogP contribution in [-0.4, -0.2) is 34.8 Å². The third-order valence-electron chi connectivity index (χ3n) is 4.79. The van der Waals surface area contributed by atoms with E-state index in [2.05, 4.69) is 5.32 Å². The van der Waals surface area contributed by atoms with Gasteiger partial charge in [-0.2, -0.15) is 0 Å². The van der Waals surface area contributed by atoms with Crippen molar-refractivity contribution in [3.8, 4) is 11.5 Å². The van der Waals surface area contributed by atoms with Gasteiger partial charge in [0.1, 0.15) is 11.6 Å². The second kappa shape index (κ2) is 9.86. The Bertz CT molecular complexity index is 1260. The predicted octanol–water partition coefficient (Wildman–Crippen LogP) is 4.20. The predicted molar refractivity (Wildman–Crippen MR) is 121 cm³/mol. The van der Waals surface area contributed by atoms with Gasteiger partial charge in [0.15, 0.2) is 11.5 Å². The van der Waals surface area contributed by atoms with Crippen LogP contribution in [0.5, 0.6) is 11.5 Å². The van der Waals surface area contributed by atoms with Gasteiger partial charge in [0, 0.05) is 17.3 Å². The van der Waals surface area contributed by atoms with Crippen LogP contribution in [0.2, 0.25) is 0 Å². The third-order valence-corrected chi connectivity index (χ3v) is 5.92. The minimum atomic E-state index is -3.97. The summed E-state index contributed by atoms with van der Waals surface area (Å²) in [6, 6.07) is 13.5. The van der Waals surface area contributed by atoms with E-state index in [4.69, 9.17) is 9.47 Å². The Morgan fingerprint density at radius 3 is 2.15 bits per heavy atom. The molecule has 3 rings (SSSR count). The zero-order valence-corrected chi connectivity index (χ0v) is 18.9. The maximum absolute atomic E-state index is 14.3. The Morgan fingerprint density at radius 2 is 1.58 bits per heavy atom. The molecule has 0 aliphatic rings. The number of halogens is 2. The van der Waals surface area contributed by atoms with Crippen LogP contribution >= 0.6 is 0 Å². The Hall–Kier alpha value is -3.66. The lowest BCUT2D eigenvalue weighted by atomic mass is 10.1. The zero-order chi connectivity index (χ0) is 24.2. The fraction of sp³-hybridized carbons (Fsp3) is 0.174. The molecule has 0 heterocycles. The smallest absolute Gasteiger partial charge is 0.257 e. The fourth-order valence-corrected chi connectivity index (χ4v) is 4.03. The highest BCUT2D eigenvalue weighted by atomic mass is 32.2. The SMILES string of the molecule is COc1cc(C(=O)Nc2ccc(F)cc2)c(N(Cc2ccccc2F)S(C)(=O)=O)cc1OC. The summed E-state index contributed by atoms with van der Waals surface area (Å²) in [5, 5.41) is 2.60. The number of benzene rings is 3. The van der Waals surface area contributed by atoms with Crippen LogP contribution in [0.1, 0.15) is 15.9 Å². The first kappa shape index (κ1) is 24.0. The first-order valence-electron chi connectivity index (χ1n) is 9.68. The summed E-state index contributed by atoms with van der Waals surface area (Å²) >= 11 is 0. The number of nitrogens with zero attached hydrogens (tertiary/aromatic N) is 1.